The minimum absolute atomic E-state index is 0.0216. The van der Waals surface area contributed by atoms with Crippen molar-refractivity contribution in [2.24, 2.45) is 10.7 Å². The minimum Gasteiger partial charge on any atom is -0.506 e. The van der Waals surface area contributed by atoms with E-state index in [2.05, 4.69) is 21.9 Å². The van der Waals surface area contributed by atoms with Gasteiger partial charge in [0.05, 0.1) is 11.3 Å². The van der Waals surface area contributed by atoms with Crippen LogP contribution in [0.25, 0.3) is 22.4 Å². The van der Waals surface area contributed by atoms with Crippen molar-refractivity contribution in [1.82, 2.24) is 10.2 Å². The first kappa shape index (κ1) is 31.2. The molecule has 0 spiro atoms. The summed E-state index contributed by atoms with van der Waals surface area (Å²) in [5.74, 6) is -2.45. The lowest BCUT2D eigenvalue weighted by atomic mass is 9.92. The zero-order chi connectivity index (χ0) is 31.5. The molecule has 1 heterocycles. The fourth-order valence-electron chi connectivity index (χ4n) is 5.24. The molecule has 226 valence electrons. The van der Waals surface area contributed by atoms with Crippen LogP contribution in [-0.2, 0) is 4.74 Å². The Morgan fingerprint density at radius 2 is 1.70 bits per heavy atom. The Hall–Kier alpha value is -4.73. The number of benzene rings is 3. The number of ether oxygens (including phenoxy) is 1. The quantitative estimate of drug-likeness (QED) is 0.211. The highest BCUT2D eigenvalue weighted by molar-refractivity contribution is 5.99. The number of amides is 2. The summed E-state index contributed by atoms with van der Waals surface area (Å²) < 4.78 is 34.1. The molecular formula is C33H36F2N4O4. The van der Waals surface area contributed by atoms with Gasteiger partial charge in [0.15, 0.2) is 0 Å². The molecule has 0 aromatic heterocycles. The fraction of sp³-hybridized carbons (Fsp3) is 0.303. The number of aliphatic imine (C=N–C) groups is 1. The first-order chi connectivity index (χ1) is 20.3. The number of hydrogen-bond acceptors (Lipinski definition) is 6. The molecule has 1 fully saturated rings. The van der Waals surface area contributed by atoms with Gasteiger partial charge in [-0.2, -0.15) is 0 Å². The average Bonchev–Trinajstić information content (AvgIpc) is 2.92. The lowest BCUT2D eigenvalue weighted by Crippen LogP contribution is -2.45. The van der Waals surface area contributed by atoms with Crippen LogP contribution in [0, 0.1) is 11.6 Å². The van der Waals surface area contributed by atoms with Gasteiger partial charge in [-0.3, -0.25) is 9.79 Å². The highest BCUT2D eigenvalue weighted by Gasteiger charge is 2.28. The molecule has 0 bridgehead atoms. The molecule has 1 aliphatic heterocycles. The number of carbonyl (C=O) groups excluding carboxylic acids is 2. The molecule has 1 aliphatic rings. The number of piperidine rings is 1. The number of carbonyl (C=O) groups is 2. The molecule has 8 nitrogen and oxygen atoms in total. The van der Waals surface area contributed by atoms with E-state index in [4.69, 9.17) is 10.5 Å². The third-order valence-electron chi connectivity index (χ3n) is 7.22. The number of aromatic hydroxyl groups is 1. The third kappa shape index (κ3) is 7.38. The summed E-state index contributed by atoms with van der Waals surface area (Å²) >= 11 is 0. The van der Waals surface area contributed by atoms with Gasteiger partial charge in [0.1, 0.15) is 23.0 Å². The normalized spacial score (nSPS) is 14.6. The summed E-state index contributed by atoms with van der Waals surface area (Å²) in [6.07, 6.45) is 0.689. The van der Waals surface area contributed by atoms with Crippen molar-refractivity contribution in [1.29, 1.82) is 0 Å². The van der Waals surface area contributed by atoms with Gasteiger partial charge in [-0.15, -0.1) is 0 Å². The van der Waals surface area contributed by atoms with Gasteiger partial charge in [0.2, 0.25) is 0 Å². The van der Waals surface area contributed by atoms with Crippen LogP contribution in [0.5, 0.6) is 5.75 Å². The molecule has 4 rings (SSSR count). The van der Waals surface area contributed by atoms with Crippen LogP contribution in [0.2, 0.25) is 0 Å². The van der Waals surface area contributed by atoms with Crippen LogP contribution in [0.1, 0.15) is 62.0 Å². The van der Waals surface area contributed by atoms with E-state index in [1.807, 2.05) is 0 Å². The Bertz CT molecular complexity index is 1570. The van der Waals surface area contributed by atoms with E-state index < -0.39 is 29.2 Å². The zero-order valence-corrected chi connectivity index (χ0v) is 24.7. The van der Waals surface area contributed by atoms with E-state index in [1.165, 1.54) is 18.2 Å². The molecule has 4 N–H and O–H groups in total. The number of primary amides is 1. The predicted octanol–water partition coefficient (Wildman–Crippen LogP) is 6.65. The summed E-state index contributed by atoms with van der Waals surface area (Å²) in [6.45, 7) is 11.9. The number of rotatable bonds is 7. The highest BCUT2D eigenvalue weighted by atomic mass is 19.1. The molecule has 0 aliphatic carbocycles. The summed E-state index contributed by atoms with van der Waals surface area (Å²) in [5.41, 5.74) is 8.47. The average molecular weight is 591 g/mol. The van der Waals surface area contributed by atoms with Crippen molar-refractivity contribution < 1.29 is 28.2 Å². The van der Waals surface area contributed by atoms with Gasteiger partial charge >= 0.3 is 6.09 Å². The van der Waals surface area contributed by atoms with Crippen molar-refractivity contribution in [2.75, 3.05) is 13.1 Å². The van der Waals surface area contributed by atoms with Gasteiger partial charge in [-0.05, 0) is 94.3 Å². The first-order valence-corrected chi connectivity index (χ1v) is 13.9. The van der Waals surface area contributed by atoms with E-state index in [9.17, 15) is 23.5 Å². The van der Waals surface area contributed by atoms with Crippen LogP contribution < -0.4 is 11.1 Å². The SMILES string of the molecule is C=Nc1ccc(-c2cccc(C(N)=O)c2O)cc1/C(=C(\C)c1cc(F)cc(F)c1)N1CCC(NC(=O)OC(C)(C)C)CC1. The second-order valence-corrected chi connectivity index (χ2v) is 11.5. The lowest BCUT2D eigenvalue weighted by Gasteiger charge is -2.37. The van der Waals surface area contributed by atoms with Crippen LogP contribution in [0.3, 0.4) is 0 Å². The Kier molecular flexibility index (Phi) is 9.18. The van der Waals surface area contributed by atoms with Crippen LogP contribution >= 0.6 is 0 Å². The minimum atomic E-state index is -0.767. The molecule has 2 amide bonds. The summed E-state index contributed by atoms with van der Waals surface area (Å²) in [7, 11) is 0. The first-order valence-electron chi connectivity index (χ1n) is 13.9. The molecule has 3 aromatic rings. The van der Waals surface area contributed by atoms with Crippen molar-refractivity contribution in [3.8, 4) is 16.9 Å². The Morgan fingerprint density at radius 3 is 2.28 bits per heavy atom. The fourth-order valence-corrected chi connectivity index (χ4v) is 5.24. The topological polar surface area (TPSA) is 117 Å². The van der Waals surface area contributed by atoms with Gasteiger partial charge in [0, 0.05) is 42.0 Å². The number of halogens is 2. The van der Waals surface area contributed by atoms with E-state index in [1.54, 1.807) is 58.0 Å². The Balaban J connectivity index is 1.80. The van der Waals surface area contributed by atoms with Crippen LogP contribution in [0.4, 0.5) is 19.3 Å². The Labute approximate surface area is 249 Å². The van der Waals surface area contributed by atoms with Crippen molar-refractivity contribution in [3.05, 3.63) is 82.9 Å². The summed E-state index contributed by atoms with van der Waals surface area (Å²) in [5, 5.41) is 13.8. The molecule has 3 aromatic carbocycles. The number of likely N-dealkylation sites (tertiary alicyclic amines) is 1. The standard InChI is InChI=1S/C33H36F2N4O4/c1-19(21-15-22(34)18-23(35)16-21)29(39-13-11-24(12-14-39)38-32(42)43-33(2,3)4)27-17-20(9-10-28(27)37-5)25-7-6-8-26(30(25)40)31(36)41/h6-10,15-18,24,40H,5,11-14H2,1-4H3,(H2,36,41)(H,38,42)/b29-19-. The van der Waals surface area contributed by atoms with E-state index in [-0.39, 0.29) is 17.4 Å². The van der Waals surface area contributed by atoms with Gasteiger partial charge in [-0.25, -0.2) is 13.6 Å². The lowest BCUT2D eigenvalue weighted by molar-refractivity contribution is 0.0487. The number of nitrogens with zero attached hydrogens (tertiary/aromatic N) is 2. The largest absolute Gasteiger partial charge is 0.506 e. The summed E-state index contributed by atoms with van der Waals surface area (Å²) in [6, 6.07) is 13.2. The van der Waals surface area contributed by atoms with Crippen LogP contribution in [-0.4, -0.2) is 53.5 Å². The highest BCUT2D eigenvalue weighted by Crippen LogP contribution is 2.41. The second kappa shape index (κ2) is 12.6. The van der Waals surface area contributed by atoms with E-state index in [0.29, 0.717) is 65.1 Å². The number of nitrogens with one attached hydrogen (secondary N) is 1. The molecule has 0 radical (unpaired) electrons. The Morgan fingerprint density at radius 1 is 1.05 bits per heavy atom. The van der Waals surface area contributed by atoms with Gasteiger partial charge in [0.25, 0.3) is 5.91 Å². The molecule has 10 heteroatoms. The smallest absolute Gasteiger partial charge is 0.407 e. The molecule has 0 unspecified atom stereocenters. The maximum atomic E-state index is 14.3. The molecular weight excluding hydrogens is 554 g/mol. The third-order valence-corrected chi connectivity index (χ3v) is 7.22. The maximum Gasteiger partial charge on any atom is 0.407 e. The van der Waals surface area contributed by atoms with E-state index >= 15 is 0 Å². The number of alkyl carbamates (subject to hydrolysis) is 1. The van der Waals surface area contributed by atoms with Crippen molar-refractivity contribution >= 4 is 35.7 Å². The second-order valence-electron chi connectivity index (χ2n) is 11.5. The summed E-state index contributed by atoms with van der Waals surface area (Å²) in [4.78, 5) is 30.6. The molecule has 43 heavy (non-hydrogen) atoms. The predicted molar refractivity (Wildman–Crippen MR) is 164 cm³/mol. The number of hydrogen-bond donors (Lipinski definition) is 3. The van der Waals surface area contributed by atoms with E-state index in [0.717, 1.165) is 6.07 Å². The van der Waals surface area contributed by atoms with Crippen molar-refractivity contribution in [3.63, 3.8) is 0 Å². The van der Waals surface area contributed by atoms with Crippen molar-refractivity contribution in [2.45, 2.75) is 52.2 Å². The number of allylic oxidation sites excluding steroid dienone is 1. The number of nitrogens with two attached hydrogens (primary N) is 1. The molecule has 1 saturated heterocycles. The van der Waals surface area contributed by atoms with Gasteiger partial charge < -0.3 is 25.8 Å². The molecule has 0 atom stereocenters. The van der Waals surface area contributed by atoms with Gasteiger partial charge in [-0.1, -0.05) is 18.2 Å². The maximum absolute atomic E-state index is 14.3. The number of para-hydroxylation sites is 1. The molecule has 0 saturated carbocycles. The van der Waals surface area contributed by atoms with Crippen LogP contribution in [0.15, 0.2) is 59.6 Å². The monoisotopic (exact) mass is 590 g/mol. The number of phenols is 1. The zero-order valence-electron chi connectivity index (χ0n) is 24.7.